The van der Waals surface area contributed by atoms with E-state index in [0.29, 0.717) is 42.2 Å². The molecule has 1 aromatic carbocycles. The molecule has 0 bridgehead atoms. The lowest BCUT2D eigenvalue weighted by atomic mass is 9.74. The van der Waals surface area contributed by atoms with Gasteiger partial charge in [0.25, 0.3) is 0 Å². The molecule has 1 saturated heterocycles. The molecule has 0 atom stereocenters. The van der Waals surface area contributed by atoms with E-state index in [2.05, 4.69) is 5.32 Å². The number of benzene rings is 1. The Morgan fingerprint density at radius 1 is 1.23 bits per heavy atom. The average molecular weight is 409 g/mol. The van der Waals surface area contributed by atoms with Crippen LogP contribution in [0.15, 0.2) is 12.1 Å². The minimum Gasteiger partial charge on any atom is -0.317 e. The number of halogens is 5. The van der Waals surface area contributed by atoms with Gasteiger partial charge in [0.2, 0.25) is 5.91 Å². The number of hydrogen-bond acceptors (Lipinski definition) is 3. The topological polar surface area (TPSA) is 49.4 Å². The molecule has 2 aliphatic heterocycles. The van der Waals surface area contributed by atoms with Crippen LogP contribution in [0.2, 0.25) is 10.0 Å². The quantitative estimate of drug-likeness (QED) is 0.822. The van der Waals surface area contributed by atoms with Crippen LogP contribution in [0.5, 0.6) is 0 Å². The van der Waals surface area contributed by atoms with Crippen molar-refractivity contribution in [3.8, 4) is 0 Å². The summed E-state index contributed by atoms with van der Waals surface area (Å²) in [7, 11) is 0. The summed E-state index contributed by atoms with van der Waals surface area (Å²) >= 11 is 12.5. The van der Waals surface area contributed by atoms with Crippen LogP contribution in [0.25, 0.3) is 0 Å². The number of piperidine rings is 1. The highest BCUT2D eigenvalue weighted by Gasteiger charge is 2.52. The van der Waals surface area contributed by atoms with Crippen LogP contribution in [0.1, 0.15) is 31.2 Å². The molecule has 0 unspecified atom stereocenters. The molecular formula is C17H17Cl2F3N2O2. The monoisotopic (exact) mass is 408 g/mol. The number of ketones is 1. The van der Waals surface area contributed by atoms with Gasteiger partial charge in [-0.25, -0.2) is 0 Å². The third-order valence-corrected chi connectivity index (χ3v) is 5.78. The molecule has 0 aromatic heterocycles. The fourth-order valence-corrected chi connectivity index (χ4v) is 4.20. The van der Waals surface area contributed by atoms with Gasteiger partial charge in [-0.05, 0) is 38.1 Å². The maximum Gasteiger partial charge on any atom is 0.389 e. The number of amides is 1. The van der Waals surface area contributed by atoms with Gasteiger partial charge in [0, 0.05) is 12.0 Å². The van der Waals surface area contributed by atoms with Crippen molar-refractivity contribution >= 4 is 40.6 Å². The molecule has 4 nitrogen and oxygen atoms in total. The van der Waals surface area contributed by atoms with Crippen molar-refractivity contribution in [3.63, 3.8) is 0 Å². The Morgan fingerprint density at radius 2 is 1.88 bits per heavy atom. The van der Waals surface area contributed by atoms with Gasteiger partial charge in [0.15, 0.2) is 5.78 Å². The summed E-state index contributed by atoms with van der Waals surface area (Å²) in [6, 6.07) is 3.14. The van der Waals surface area contributed by atoms with Crippen LogP contribution in [0.3, 0.4) is 0 Å². The SMILES string of the molecule is O=C(CCC(F)(F)F)CN1C(=O)C2(CCNCC2)c2c1ccc(Cl)c2Cl. The number of Topliss-reactive ketones (excluding diaryl/α,β-unsaturated/α-hetero) is 1. The molecule has 2 aliphatic rings. The standard InChI is InChI=1S/C17H17Cl2F3N2O2/c18-11-1-2-12-13(14(11)19)16(5-7-23-8-6-16)15(26)24(12)9-10(25)3-4-17(20,21)22/h1-2,23H,3-9H2. The van der Waals surface area contributed by atoms with Gasteiger partial charge in [-0.15, -0.1) is 0 Å². The number of fused-ring (bicyclic) bond motifs is 2. The van der Waals surface area contributed by atoms with Crippen molar-refractivity contribution in [3.05, 3.63) is 27.7 Å². The number of alkyl halides is 3. The van der Waals surface area contributed by atoms with E-state index in [1.165, 1.54) is 11.0 Å². The van der Waals surface area contributed by atoms with Gasteiger partial charge in [0.1, 0.15) is 0 Å². The van der Waals surface area contributed by atoms with E-state index < -0.39 is 36.8 Å². The number of nitrogens with zero attached hydrogens (tertiary/aromatic N) is 1. The summed E-state index contributed by atoms with van der Waals surface area (Å²) in [5, 5.41) is 3.75. The van der Waals surface area contributed by atoms with Crippen molar-refractivity contribution in [2.24, 2.45) is 0 Å². The van der Waals surface area contributed by atoms with Gasteiger partial charge in [-0.3, -0.25) is 9.59 Å². The normalized spacial score (nSPS) is 19.1. The fraction of sp³-hybridized carbons (Fsp3) is 0.529. The van der Waals surface area contributed by atoms with Crippen LogP contribution in [-0.4, -0.2) is 37.5 Å². The van der Waals surface area contributed by atoms with Crippen molar-refractivity contribution < 1.29 is 22.8 Å². The van der Waals surface area contributed by atoms with Crippen LogP contribution < -0.4 is 10.2 Å². The van der Waals surface area contributed by atoms with Crippen LogP contribution >= 0.6 is 23.2 Å². The zero-order chi connectivity index (χ0) is 19.1. The predicted molar refractivity (Wildman–Crippen MR) is 92.9 cm³/mol. The smallest absolute Gasteiger partial charge is 0.317 e. The number of carbonyl (C=O) groups is 2. The summed E-state index contributed by atoms with van der Waals surface area (Å²) in [6.45, 7) is 0.808. The lowest BCUT2D eigenvalue weighted by Crippen LogP contribution is -2.48. The molecule has 1 aromatic rings. The van der Waals surface area contributed by atoms with Crippen LogP contribution in [0, 0.1) is 0 Å². The van der Waals surface area contributed by atoms with Crippen molar-refractivity contribution in [2.45, 2.75) is 37.3 Å². The van der Waals surface area contributed by atoms with E-state index in [1.807, 2.05) is 0 Å². The lowest BCUT2D eigenvalue weighted by Gasteiger charge is -2.33. The first-order chi connectivity index (χ1) is 12.2. The molecule has 1 spiro atoms. The summed E-state index contributed by atoms with van der Waals surface area (Å²) in [6.07, 6.45) is -5.27. The average Bonchev–Trinajstić information content (AvgIpc) is 2.79. The molecule has 1 fully saturated rings. The van der Waals surface area contributed by atoms with Gasteiger partial charge in [-0.2, -0.15) is 13.2 Å². The largest absolute Gasteiger partial charge is 0.389 e. The molecule has 26 heavy (non-hydrogen) atoms. The first-order valence-electron chi connectivity index (χ1n) is 8.25. The molecule has 2 heterocycles. The maximum atomic E-state index is 13.2. The molecule has 9 heteroatoms. The fourth-order valence-electron chi connectivity index (χ4n) is 3.71. The Morgan fingerprint density at radius 3 is 2.50 bits per heavy atom. The minimum absolute atomic E-state index is 0.268. The number of nitrogens with one attached hydrogen (secondary N) is 1. The van der Waals surface area contributed by atoms with Crippen LogP contribution in [0.4, 0.5) is 18.9 Å². The van der Waals surface area contributed by atoms with E-state index >= 15 is 0 Å². The highest BCUT2D eigenvalue weighted by atomic mass is 35.5. The first-order valence-corrected chi connectivity index (χ1v) is 9.01. The second-order valence-corrected chi connectivity index (χ2v) is 7.42. The summed E-state index contributed by atoms with van der Waals surface area (Å²) < 4.78 is 37.1. The van der Waals surface area contributed by atoms with E-state index in [1.54, 1.807) is 6.07 Å². The van der Waals surface area contributed by atoms with E-state index in [4.69, 9.17) is 23.2 Å². The number of rotatable bonds is 4. The van der Waals surface area contributed by atoms with Crippen molar-refractivity contribution in [1.82, 2.24) is 5.32 Å². The second kappa shape index (κ2) is 7.02. The molecule has 0 saturated carbocycles. The minimum atomic E-state index is -4.41. The predicted octanol–water partition coefficient (Wildman–Crippen LogP) is 3.87. The molecule has 142 valence electrons. The van der Waals surface area contributed by atoms with Crippen LogP contribution in [-0.2, 0) is 15.0 Å². The molecule has 1 N–H and O–H groups in total. The summed E-state index contributed by atoms with van der Waals surface area (Å²) in [5.41, 5.74) is 0.167. The van der Waals surface area contributed by atoms with E-state index in [0.717, 1.165) is 0 Å². The Balaban J connectivity index is 1.92. The Bertz CT molecular complexity index is 746. The number of carbonyl (C=O) groups excluding carboxylic acids is 2. The van der Waals surface area contributed by atoms with Gasteiger partial charge in [0.05, 0.1) is 34.1 Å². The molecule has 3 rings (SSSR count). The molecule has 0 aliphatic carbocycles. The van der Waals surface area contributed by atoms with Gasteiger partial charge in [-0.1, -0.05) is 23.2 Å². The Hall–Kier alpha value is -1.31. The highest BCUT2D eigenvalue weighted by Crippen LogP contribution is 2.51. The molecular weight excluding hydrogens is 392 g/mol. The Kier molecular flexibility index (Phi) is 5.25. The number of hydrogen-bond donors (Lipinski definition) is 1. The summed E-state index contributed by atoms with van der Waals surface area (Å²) in [5.74, 6) is -0.933. The van der Waals surface area contributed by atoms with E-state index in [-0.39, 0.29) is 10.9 Å². The maximum absolute atomic E-state index is 13.2. The zero-order valence-electron chi connectivity index (χ0n) is 13.8. The second-order valence-electron chi connectivity index (χ2n) is 6.63. The zero-order valence-corrected chi connectivity index (χ0v) is 15.3. The summed E-state index contributed by atoms with van der Waals surface area (Å²) in [4.78, 5) is 26.5. The Labute approximate surface area is 158 Å². The third kappa shape index (κ3) is 3.44. The van der Waals surface area contributed by atoms with E-state index in [9.17, 15) is 22.8 Å². The molecule has 0 radical (unpaired) electrons. The lowest BCUT2D eigenvalue weighted by molar-refractivity contribution is -0.142. The van der Waals surface area contributed by atoms with Crippen molar-refractivity contribution in [1.29, 1.82) is 0 Å². The molecule has 1 amide bonds. The van der Waals surface area contributed by atoms with Crippen molar-refractivity contribution in [2.75, 3.05) is 24.5 Å². The highest BCUT2D eigenvalue weighted by molar-refractivity contribution is 6.43. The van der Waals surface area contributed by atoms with Gasteiger partial charge >= 0.3 is 6.18 Å². The number of anilines is 1. The third-order valence-electron chi connectivity index (χ3n) is 4.98. The van der Waals surface area contributed by atoms with Gasteiger partial charge < -0.3 is 10.2 Å². The first kappa shape index (κ1) is 19.5.